The maximum Gasteiger partial charge on any atom is 0.407 e. The molecule has 4 rings (SSSR count). The third-order valence-corrected chi connectivity index (χ3v) is 5.84. The lowest BCUT2D eigenvalue weighted by atomic mass is 9.98. The number of nitrogens with zero attached hydrogens (tertiary/aromatic N) is 1. The lowest BCUT2D eigenvalue weighted by Gasteiger charge is -2.28. The number of hydrogen-bond acceptors (Lipinski definition) is 4. The van der Waals surface area contributed by atoms with Crippen LogP contribution in [0.2, 0.25) is 0 Å². The fourth-order valence-corrected chi connectivity index (χ4v) is 4.22. The summed E-state index contributed by atoms with van der Waals surface area (Å²) in [6.45, 7) is 2.31. The van der Waals surface area contributed by atoms with E-state index in [1.54, 1.807) is 6.92 Å². The highest BCUT2D eigenvalue weighted by Gasteiger charge is 2.30. The zero-order chi connectivity index (χ0) is 22.0. The van der Waals surface area contributed by atoms with Gasteiger partial charge in [-0.05, 0) is 35.6 Å². The highest BCUT2D eigenvalue weighted by Crippen LogP contribution is 2.44. The molecule has 0 fully saturated rings. The smallest absolute Gasteiger partial charge is 0.407 e. The maximum atomic E-state index is 12.6. The summed E-state index contributed by atoms with van der Waals surface area (Å²) in [5, 5.41) is 11.6. The molecule has 2 aromatic rings. The van der Waals surface area contributed by atoms with Gasteiger partial charge in [-0.1, -0.05) is 54.6 Å². The summed E-state index contributed by atoms with van der Waals surface area (Å²) in [6, 6.07) is 15.4. The summed E-state index contributed by atoms with van der Waals surface area (Å²) in [5.74, 6) is -1.28. The second-order valence-electron chi connectivity index (χ2n) is 7.76. The Hall–Kier alpha value is -3.61. The molecular weight excluding hydrogens is 396 g/mol. The highest BCUT2D eigenvalue weighted by molar-refractivity contribution is 5.89. The van der Waals surface area contributed by atoms with Crippen molar-refractivity contribution in [2.45, 2.75) is 25.3 Å². The van der Waals surface area contributed by atoms with E-state index in [2.05, 4.69) is 17.4 Å². The third kappa shape index (κ3) is 4.17. The Morgan fingerprint density at radius 3 is 2.26 bits per heavy atom. The molecule has 0 unspecified atom stereocenters. The van der Waals surface area contributed by atoms with Crippen LogP contribution in [0, 0.1) is 0 Å². The first kappa shape index (κ1) is 20.7. The molecule has 2 aliphatic rings. The topological polar surface area (TPSA) is 95.9 Å². The minimum absolute atomic E-state index is 0.0502. The average molecular weight is 420 g/mol. The second kappa shape index (κ2) is 8.63. The lowest BCUT2D eigenvalue weighted by Crippen LogP contribution is -2.48. The van der Waals surface area contributed by atoms with Crippen molar-refractivity contribution < 1.29 is 24.2 Å². The number of alkyl carbamates (subject to hydrolysis) is 1. The lowest BCUT2D eigenvalue weighted by molar-refractivity contribution is -0.135. The molecule has 0 saturated carbocycles. The van der Waals surface area contributed by atoms with E-state index in [4.69, 9.17) is 9.84 Å². The number of hydrogen-bond donors (Lipinski definition) is 2. The predicted molar refractivity (Wildman–Crippen MR) is 115 cm³/mol. The number of ether oxygens (including phenoxy) is 1. The number of carbonyl (C=O) groups is 3. The predicted octanol–water partition coefficient (Wildman–Crippen LogP) is 3.16. The molecule has 0 saturated heterocycles. The molecule has 0 spiro atoms. The number of benzene rings is 2. The quantitative estimate of drug-likeness (QED) is 0.775. The summed E-state index contributed by atoms with van der Waals surface area (Å²) in [6.07, 6.45) is 1.17. The fourth-order valence-electron chi connectivity index (χ4n) is 4.22. The SMILES string of the molecule is C[C@@H](NC(=O)OCC1c2ccccc2-c2ccccc21)C(=O)N1CC=C(C(=O)O)CC1. The first-order valence-electron chi connectivity index (χ1n) is 10.3. The van der Waals surface area contributed by atoms with E-state index in [1.165, 1.54) is 11.0 Å². The van der Waals surface area contributed by atoms with Gasteiger partial charge in [-0.2, -0.15) is 0 Å². The molecule has 0 aromatic heterocycles. The van der Waals surface area contributed by atoms with Crippen LogP contribution in [0.5, 0.6) is 0 Å². The van der Waals surface area contributed by atoms with Crippen LogP contribution in [0.1, 0.15) is 30.4 Å². The second-order valence-corrected chi connectivity index (χ2v) is 7.76. The number of aliphatic carboxylic acids is 1. The molecule has 31 heavy (non-hydrogen) atoms. The Bertz CT molecular complexity index is 1020. The summed E-state index contributed by atoms with van der Waals surface area (Å²) in [4.78, 5) is 37.5. The Balaban J connectivity index is 1.35. The number of carbonyl (C=O) groups excluding carboxylic acids is 2. The minimum Gasteiger partial charge on any atom is -0.478 e. The molecule has 2 amide bonds. The van der Waals surface area contributed by atoms with Crippen molar-refractivity contribution in [3.63, 3.8) is 0 Å². The average Bonchev–Trinajstić information content (AvgIpc) is 3.11. The normalized spacial score (nSPS) is 16.0. The van der Waals surface area contributed by atoms with Crippen LogP contribution in [0.15, 0.2) is 60.2 Å². The first-order chi connectivity index (χ1) is 15.0. The number of nitrogens with one attached hydrogen (secondary N) is 1. The fraction of sp³-hybridized carbons (Fsp3) is 0.292. The van der Waals surface area contributed by atoms with Crippen molar-refractivity contribution in [3.05, 3.63) is 71.3 Å². The molecule has 0 radical (unpaired) electrons. The molecule has 2 N–H and O–H groups in total. The number of carboxylic acids is 1. The molecule has 160 valence electrons. The molecular formula is C24H24N2O5. The molecule has 1 heterocycles. The van der Waals surface area contributed by atoms with E-state index >= 15 is 0 Å². The van der Waals surface area contributed by atoms with Gasteiger partial charge in [0.05, 0.1) is 0 Å². The van der Waals surface area contributed by atoms with Crippen molar-refractivity contribution in [2.75, 3.05) is 19.7 Å². The van der Waals surface area contributed by atoms with Gasteiger partial charge in [-0.25, -0.2) is 9.59 Å². The van der Waals surface area contributed by atoms with Gasteiger partial charge in [-0.15, -0.1) is 0 Å². The maximum absolute atomic E-state index is 12.6. The van der Waals surface area contributed by atoms with Crippen LogP contribution >= 0.6 is 0 Å². The summed E-state index contributed by atoms with van der Waals surface area (Å²) in [5.41, 5.74) is 4.84. The van der Waals surface area contributed by atoms with E-state index < -0.39 is 18.1 Å². The Morgan fingerprint density at radius 2 is 1.71 bits per heavy atom. The van der Waals surface area contributed by atoms with Crippen molar-refractivity contribution in [1.29, 1.82) is 0 Å². The standard InChI is InChI=1S/C24H24N2O5/c1-15(22(27)26-12-10-16(11-13-26)23(28)29)25-24(30)31-14-21-19-8-4-2-6-17(19)18-7-3-5-9-20(18)21/h2-10,15,21H,11-14H2,1H3,(H,25,30)(H,28,29)/t15-/m1/s1. The Kier molecular flexibility index (Phi) is 5.75. The van der Waals surface area contributed by atoms with Gasteiger partial charge in [0.1, 0.15) is 12.6 Å². The molecule has 7 heteroatoms. The highest BCUT2D eigenvalue weighted by atomic mass is 16.5. The zero-order valence-electron chi connectivity index (χ0n) is 17.2. The van der Waals surface area contributed by atoms with Crippen LogP contribution in [-0.4, -0.2) is 53.7 Å². The van der Waals surface area contributed by atoms with Gasteiger partial charge in [0.25, 0.3) is 0 Å². The zero-order valence-corrected chi connectivity index (χ0v) is 17.2. The van der Waals surface area contributed by atoms with Crippen LogP contribution < -0.4 is 5.32 Å². The van der Waals surface area contributed by atoms with Gasteiger partial charge < -0.3 is 20.1 Å². The van der Waals surface area contributed by atoms with Crippen LogP contribution in [0.3, 0.4) is 0 Å². The molecule has 1 atom stereocenters. The monoisotopic (exact) mass is 420 g/mol. The van der Waals surface area contributed by atoms with Crippen molar-refractivity contribution >= 4 is 18.0 Å². The van der Waals surface area contributed by atoms with Gasteiger partial charge >= 0.3 is 12.1 Å². The first-order valence-corrected chi connectivity index (χ1v) is 10.3. The van der Waals surface area contributed by atoms with Crippen molar-refractivity contribution in [1.82, 2.24) is 10.2 Å². The Labute approximate surface area is 180 Å². The van der Waals surface area contributed by atoms with E-state index in [-0.39, 0.29) is 25.0 Å². The third-order valence-electron chi connectivity index (χ3n) is 5.84. The summed E-state index contributed by atoms with van der Waals surface area (Å²) >= 11 is 0. The number of carboxylic acid groups (broad SMARTS) is 1. The van der Waals surface area contributed by atoms with Gasteiger partial charge in [-0.3, -0.25) is 4.79 Å². The molecule has 2 aromatic carbocycles. The van der Waals surface area contributed by atoms with E-state index in [0.717, 1.165) is 22.3 Å². The van der Waals surface area contributed by atoms with Crippen LogP contribution in [0.25, 0.3) is 11.1 Å². The molecule has 0 bridgehead atoms. The molecule has 7 nitrogen and oxygen atoms in total. The number of rotatable bonds is 5. The largest absolute Gasteiger partial charge is 0.478 e. The van der Waals surface area contributed by atoms with Crippen molar-refractivity contribution in [3.8, 4) is 11.1 Å². The van der Waals surface area contributed by atoms with E-state index in [9.17, 15) is 14.4 Å². The summed E-state index contributed by atoms with van der Waals surface area (Å²) in [7, 11) is 0. The number of amides is 2. The summed E-state index contributed by atoms with van der Waals surface area (Å²) < 4.78 is 5.49. The Morgan fingerprint density at radius 1 is 1.10 bits per heavy atom. The van der Waals surface area contributed by atoms with Gasteiger partial charge in [0.2, 0.25) is 5.91 Å². The minimum atomic E-state index is -0.961. The van der Waals surface area contributed by atoms with Crippen LogP contribution in [-0.2, 0) is 14.3 Å². The van der Waals surface area contributed by atoms with Crippen LogP contribution in [0.4, 0.5) is 4.79 Å². The van der Waals surface area contributed by atoms with Gasteiger partial charge in [0.15, 0.2) is 0 Å². The van der Waals surface area contributed by atoms with Gasteiger partial charge in [0, 0.05) is 24.6 Å². The molecule has 1 aliphatic heterocycles. The van der Waals surface area contributed by atoms with E-state index in [0.29, 0.717) is 18.5 Å². The molecule has 1 aliphatic carbocycles. The van der Waals surface area contributed by atoms with E-state index in [1.807, 2.05) is 36.4 Å². The van der Waals surface area contributed by atoms with Crippen molar-refractivity contribution in [2.24, 2.45) is 0 Å². The number of fused-ring (bicyclic) bond motifs is 3.